The molecular weight excluding hydrogens is 104 g/mol. The number of hydrogen-bond acceptors (Lipinski definition) is 2. The van der Waals surface area contributed by atoms with Gasteiger partial charge in [-0.25, -0.2) is 0 Å². The van der Waals surface area contributed by atoms with E-state index in [1.807, 2.05) is 0 Å². The van der Waals surface area contributed by atoms with Crippen molar-refractivity contribution in [2.75, 3.05) is 0 Å². The zero-order valence-electron chi connectivity index (χ0n) is 4.92. The first-order chi connectivity index (χ1) is 3.72. The monoisotopic (exact) mass is 114 g/mol. The Kier molecular flexibility index (Phi) is 0.649. The predicted octanol–water partition coefficient (Wildman–Crippen LogP) is 0.299. The normalized spacial score (nSPS) is 60.8. The summed E-state index contributed by atoms with van der Waals surface area (Å²) in [5, 5.41) is 9.08. The van der Waals surface area contributed by atoms with Gasteiger partial charge < -0.3 is 9.84 Å². The van der Waals surface area contributed by atoms with Gasteiger partial charge in [-0.05, 0) is 19.8 Å². The van der Waals surface area contributed by atoms with E-state index in [4.69, 9.17) is 9.84 Å². The number of ether oxygens (including phenoxy) is 1. The van der Waals surface area contributed by atoms with Gasteiger partial charge in [0.05, 0.1) is 11.7 Å². The maximum absolute atomic E-state index is 9.08. The summed E-state index contributed by atoms with van der Waals surface area (Å²) in [6.45, 7) is 2.06. The van der Waals surface area contributed by atoms with Crippen LogP contribution >= 0.6 is 0 Å². The SMILES string of the molecule is C[C@]12CCC(O)[C@@H]1O2. The zero-order valence-corrected chi connectivity index (χ0v) is 4.92. The van der Waals surface area contributed by atoms with Gasteiger partial charge in [0.15, 0.2) is 0 Å². The van der Waals surface area contributed by atoms with Gasteiger partial charge in [0.1, 0.15) is 6.10 Å². The van der Waals surface area contributed by atoms with Crippen LogP contribution in [0.5, 0.6) is 0 Å². The standard InChI is InChI=1S/C6H10O2/c1-6-3-2-4(7)5(6)8-6/h4-5,7H,2-3H2,1H3/t4?,5-,6-/m0/s1. The first kappa shape index (κ1) is 4.77. The molecule has 2 fully saturated rings. The summed E-state index contributed by atoms with van der Waals surface area (Å²) < 4.78 is 5.20. The Balaban J connectivity index is 2.15. The highest BCUT2D eigenvalue weighted by molar-refractivity contribution is 5.08. The fraction of sp³-hybridized carbons (Fsp3) is 1.00. The van der Waals surface area contributed by atoms with Crippen LogP contribution in [0.4, 0.5) is 0 Å². The van der Waals surface area contributed by atoms with E-state index in [-0.39, 0.29) is 17.8 Å². The summed E-state index contributed by atoms with van der Waals surface area (Å²) in [4.78, 5) is 0. The van der Waals surface area contributed by atoms with Crippen LogP contribution in [0.3, 0.4) is 0 Å². The molecule has 0 bridgehead atoms. The Bertz CT molecular complexity index is 124. The number of epoxide rings is 1. The van der Waals surface area contributed by atoms with E-state index in [0.717, 1.165) is 12.8 Å². The lowest BCUT2D eigenvalue weighted by Crippen LogP contribution is -2.09. The molecule has 1 aliphatic carbocycles. The third kappa shape index (κ3) is 0.400. The minimum absolute atomic E-state index is 0.0828. The maximum atomic E-state index is 9.08. The minimum Gasteiger partial charge on any atom is -0.390 e. The summed E-state index contributed by atoms with van der Waals surface area (Å²) in [5.74, 6) is 0. The van der Waals surface area contributed by atoms with Crippen molar-refractivity contribution in [3.63, 3.8) is 0 Å². The van der Waals surface area contributed by atoms with Crippen LogP contribution in [-0.2, 0) is 4.74 Å². The number of fused-ring (bicyclic) bond motifs is 1. The first-order valence-electron chi connectivity index (χ1n) is 3.08. The molecule has 1 heterocycles. The van der Waals surface area contributed by atoms with Crippen LogP contribution in [0.1, 0.15) is 19.8 Å². The summed E-state index contributed by atoms with van der Waals surface area (Å²) in [6.07, 6.45) is 1.99. The van der Waals surface area contributed by atoms with Gasteiger partial charge in [-0.3, -0.25) is 0 Å². The van der Waals surface area contributed by atoms with Crippen LogP contribution in [0.15, 0.2) is 0 Å². The second kappa shape index (κ2) is 1.09. The fourth-order valence-corrected chi connectivity index (χ4v) is 1.53. The molecule has 1 aliphatic heterocycles. The van der Waals surface area contributed by atoms with Crippen LogP contribution in [0.25, 0.3) is 0 Å². The van der Waals surface area contributed by atoms with Crippen molar-refractivity contribution in [2.24, 2.45) is 0 Å². The molecule has 2 heteroatoms. The largest absolute Gasteiger partial charge is 0.390 e. The molecule has 1 saturated heterocycles. The van der Waals surface area contributed by atoms with Gasteiger partial charge in [0, 0.05) is 0 Å². The fourth-order valence-electron chi connectivity index (χ4n) is 1.53. The van der Waals surface area contributed by atoms with Crippen LogP contribution in [0, 0.1) is 0 Å². The predicted molar refractivity (Wildman–Crippen MR) is 28.5 cm³/mol. The van der Waals surface area contributed by atoms with Gasteiger partial charge in [-0.2, -0.15) is 0 Å². The molecule has 2 rings (SSSR count). The third-order valence-corrected chi connectivity index (χ3v) is 2.23. The molecule has 0 aromatic rings. The average molecular weight is 114 g/mol. The molecule has 2 nitrogen and oxygen atoms in total. The summed E-state index contributed by atoms with van der Waals surface area (Å²) in [6, 6.07) is 0. The molecule has 0 spiro atoms. The smallest absolute Gasteiger partial charge is 0.113 e. The molecule has 0 aromatic heterocycles. The van der Waals surface area contributed by atoms with Gasteiger partial charge in [-0.15, -0.1) is 0 Å². The van der Waals surface area contributed by atoms with E-state index in [1.165, 1.54) is 0 Å². The highest BCUT2D eigenvalue weighted by atomic mass is 16.6. The quantitative estimate of drug-likeness (QED) is 0.459. The van der Waals surface area contributed by atoms with E-state index >= 15 is 0 Å². The van der Waals surface area contributed by atoms with Crippen molar-refractivity contribution in [3.05, 3.63) is 0 Å². The van der Waals surface area contributed by atoms with Crippen molar-refractivity contribution in [2.45, 2.75) is 37.6 Å². The molecule has 46 valence electrons. The van der Waals surface area contributed by atoms with Crippen molar-refractivity contribution < 1.29 is 9.84 Å². The van der Waals surface area contributed by atoms with Crippen LogP contribution in [-0.4, -0.2) is 22.9 Å². The molecule has 1 saturated carbocycles. The maximum Gasteiger partial charge on any atom is 0.113 e. The zero-order chi connectivity index (χ0) is 5.78. The Labute approximate surface area is 48.5 Å². The van der Waals surface area contributed by atoms with E-state index in [2.05, 4.69) is 6.92 Å². The average Bonchev–Trinajstić information content (AvgIpc) is 2.32. The van der Waals surface area contributed by atoms with Gasteiger partial charge >= 0.3 is 0 Å². The molecule has 8 heavy (non-hydrogen) atoms. The summed E-state index contributed by atoms with van der Waals surface area (Å²) >= 11 is 0. The second-order valence-electron chi connectivity index (χ2n) is 2.96. The van der Waals surface area contributed by atoms with E-state index in [9.17, 15) is 0 Å². The lowest BCUT2D eigenvalue weighted by Gasteiger charge is -1.98. The molecule has 1 N–H and O–H groups in total. The molecular formula is C6H10O2. The third-order valence-electron chi connectivity index (χ3n) is 2.23. The van der Waals surface area contributed by atoms with E-state index < -0.39 is 0 Å². The van der Waals surface area contributed by atoms with Gasteiger partial charge in [0.25, 0.3) is 0 Å². The summed E-state index contributed by atoms with van der Waals surface area (Å²) in [7, 11) is 0. The molecule has 1 unspecified atom stereocenters. The number of rotatable bonds is 0. The van der Waals surface area contributed by atoms with Crippen molar-refractivity contribution >= 4 is 0 Å². The first-order valence-corrected chi connectivity index (χ1v) is 3.08. The number of hydrogen-bond donors (Lipinski definition) is 1. The van der Waals surface area contributed by atoms with Gasteiger partial charge in [0.2, 0.25) is 0 Å². The molecule has 3 atom stereocenters. The minimum atomic E-state index is -0.167. The highest BCUT2D eigenvalue weighted by Crippen LogP contribution is 2.49. The molecule has 0 aromatic carbocycles. The molecule has 0 radical (unpaired) electrons. The molecule has 2 aliphatic rings. The van der Waals surface area contributed by atoms with E-state index in [0.29, 0.717) is 0 Å². The Morgan fingerprint density at radius 3 is 2.62 bits per heavy atom. The van der Waals surface area contributed by atoms with Gasteiger partial charge in [-0.1, -0.05) is 0 Å². The Hall–Kier alpha value is -0.0800. The lowest BCUT2D eigenvalue weighted by atomic mass is 10.1. The highest BCUT2D eigenvalue weighted by Gasteiger charge is 2.60. The van der Waals surface area contributed by atoms with Crippen LogP contribution in [0.2, 0.25) is 0 Å². The number of aliphatic hydroxyl groups is 1. The Morgan fingerprint density at radius 2 is 2.50 bits per heavy atom. The summed E-state index contributed by atoms with van der Waals surface area (Å²) in [5.41, 5.74) is 0.0828. The number of aliphatic hydroxyl groups excluding tert-OH is 1. The van der Waals surface area contributed by atoms with Crippen molar-refractivity contribution in [3.8, 4) is 0 Å². The van der Waals surface area contributed by atoms with Crippen molar-refractivity contribution in [1.29, 1.82) is 0 Å². The second-order valence-corrected chi connectivity index (χ2v) is 2.96. The Morgan fingerprint density at radius 1 is 1.75 bits per heavy atom. The van der Waals surface area contributed by atoms with E-state index in [1.54, 1.807) is 0 Å². The lowest BCUT2D eigenvalue weighted by molar-refractivity contribution is 0.112. The van der Waals surface area contributed by atoms with Crippen LogP contribution < -0.4 is 0 Å². The van der Waals surface area contributed by atoms with Crippen molar-refractivity contribution in [1.82, 2.24) is 0 Å². The topological polar surface area (TPSA) is 32.8 Å². The molecule has 0 amide bonds.